The summed E-state index contributed by atoms with van der Waals surface area (Å²) in [6.07, 6.45) is -4.61. The van der Waals surface area contributed by atoms with Gasteiger partial charge >= 0.3 is 12.2 Å². The lowest BCUT2D eigenvalue weighted by Gasteiger charge is -2.34. The van der Waals surface area contributed by atoms with Crippen molar-refractivity contribution in [3.63, 3.8) is 0 Å². The maximum Gasteiger partial charge on any atom is 0.418 e. The summed E-state index contributed by atoms with van der Waals surface area (Å²) < 4.78 is 39.5. The number of carbonyl (C=O) groups is 2. The van der Waals surface area contributed by atoms with E-state index in [0.717, 1.165) is 6.07 Å². The standard InChI is InChI=1S/C19H16F3N3O2/c1-11-15(16(25-18(27)23-11)12-7-3-2-4-8-12)17(26)24-14-10-6-5-9-13(14)19(20,21)22/h2-10,15-16H,1H2,(H,24,26)(H2,23,25,27)/t15-,16+/m0/s1. The minimum atomic E-state index is -4.61. The largest absolute Gasteiger partial charge is 0.418 e. The molecule has 1 saturated heterocycles. The van der Waals surface area contributed by atoms with Crippen molar-refractivity contribution < 1.29 is 22.8 Å². The Balaban J connectivity index is 1.92. The fraction of sp³-hybridized carbons (Fsp3) is 0.158. The van der Waals surface area contributed by atoms with Crippen molar-refractivity contribution in [1.82, 2.24) is 10.6 Å². The van der Waals surface area contributed by atoms with Crippen LogP contribution in [0.15, 0.2) is 66.9 Å². The van der Waals surface area contributed by atoms with E-state index in [1.807, 2.05) is 0 Å². The third-order valence-corrected chi connectivity index (χ3v) is 4.20. The molecule has 3 N–H and O–H groups in total. The molecule has 0 spiro atoms. The van der Waals surface area contributed by atoms with Gasteiger partial charge in [0, 0.05) is 5.70 Å². The van der Waals surface area contributed by atoms with Gasteiger partial charge in [0.1, 0.15) is 5.92 Å². The van der Waals surface area contributed by atoms with Gasteiger partial charge in [-0.15, -0.1) is 0 Å². The van der Waals surface area contributed by atoms with Crippen LogP contribution in [0.1, 0.15) is 17.2 Å². The van der Waals surface area contributed by atoms with E-state index in [0.29, 0.717) is 5.56 Å². The van der Waals surface area contributed by atoms with Crippen LogP contribution in [-0.2, 0) is 11.0 Å². The van der Waals surface area contributed by atoms with Gasteiger partial charge in [0.2, 0.25) is 5.91 Å². The van der Waals surface area contributed by atoms with Crippen LogP contribution >= 0.6 is 0 Å². The molecule has 27 heavy (non-hydrogen) atoms. The zero-order valence-electron chi connectivity index (χ0n) is 14.0. The first-order valence-electron chi connectivity index (χ1n) is 8.05. The smallest absolute Gasteiger partial charge is 0.330 e. The van der Waals surface area contributed by atoms with Gasteiger partial charge in [0.25, 0.3) is 0 Å². The van der Waals surface area contributed by atoms with E-state index in [4.69, 9.17) is 0 Å². The normalized spacial score (nSPS) is 19.8. The highest BCUT2D eigenvalue weighted by Crippen LogP contribution is 2.36. The number of halogens is 3. The zero-order valence-corrected chi connectivity index (χ0v) is 14.0. The monoisotopic (exact) mass is 375 g/mol. The molecule has 2 aromatic carbocycles. The van der Waals surface area contributed by atoms with Crippen LogP contribution in [-0.4, -0.2) is 11.9 Å². The molecule has 2 atom stereocenters. The molecule has 0 unspecified atom stereocenters. The van der Waals surface area contributed by atoms with Gasteiger partial charge in [-0.3, -0.25) is 4.79 Å². The topological polar surface area (TPSA) is 70.2 Å². The Labute approximate surface area is 153 Å². The second kappa shape index (κ2) is 7.14. The predicted octanol–water partition coefficient (Wildman–Crippen LogP) is 3.83. The van der Waals surface area contributed by atoms with Crippen LogP contribution in [0.25, 0.3) is 0 Å². The quantitative estimate of drug-likeness (QED) is 0.763. The first-order valence-corrected chi connectivity index (χ1v) is 8.05. The second-order valence-electron chi connectivity index (χ2n) is 6.02. The van der Waals surface area contributed by atoms with E-state index in [1.165, 1.54) is 18.2 Å². The van der Waals surface area contributed by atoms with Crippen LogP contribution < -0.4 is 16.0 Å². The average molecular weight is 375 g/mol. The van der Waals surface area contributed by atoms with Gasteiger partial charge in [0.15, 0.2) is 0 Å². The summed E-state index contributed by atoms with van der Waals surface area (Å²) in [4.78, 5) is 24.6. The molecular formula is C19H16F3N3O2. The molecule has 1 aliphatic rings. The zero-order chi connectivity index (χ0) is 19.6. The number of amides is 3. The first-order chi connectivity index (χ1) is 12.8. The van der Waals surface area contributed by atoms with Crippen molar-refractivity contribution in [2.45, 2.75) is 12.2 Å². The first kappa shape index (κ1) is 18.5. The minimum absolute atomic E-state index is 0.106. The van der Waals surface area contributed by atoms with E-state index in [2.05, 4.69) is 22.5 Å². The highest BCUT2D eigenvalue weighted by molar-refractivity contribution is 5.97. The van der Waals surface area contributed by atoms with Gasteiger partial charge in [-0.1, -0.05) is 49.0 Å². The molecule has 0 aromatic heterocycles. The van der Waals surface area contributed by atoms with Crippen LogP contribution in [0.2, 0.25) is 0 Å². The fourth-order valence-electron chi connectivity index (χ4n) is 2.98. The summed E-state index contributed by atoms with van der Waals surface area (Å²) in [5.41, 5.74) is -0.563. The SMILES string of the molecule is C=C1NC(=O)N[C@H](c2ccccc2)[C@H]1C(=O)Nc1ccccc1C(F)(F)F. The average Bonchev–Trinajstić information content (AvgIpc) is 2.61. The fourth-order valence-corrected chi connectivity index (χ4v) is 2.98. The van der Waals surface area contributed by atoms with E-state index < -0.39 is 35.6 Å². The molecule has 1 heterocycles. The van der Waals surface area contributed by atoms with Crippen LogP contribution in [0.3, 0.4) is 0 Å². The van der Waals surface area contributed by atoms with Crippen molar-refractivity contribution in [3.8, 4) is 0 Å². The third kappa shape index (κ3) is 3.94. The molecule has 1 aliphatic heterocycles. The number of benzene rings is 2. The Morgan fingerprint density at radius 1 is 1.04 bits per heavy atom. The van der Waals surface area contributed by atoms with Crippen molar-refractivity contribution >= 4 is 17.6 Å². The van der Waals surface area contributed by atoms with E-state index in [9.17, 15) is 22.8 Å². The Bertz CT molecular complexity index is 881. The molecule has 0 radical (unpaired) electrons. The number of para-hydroxylation sites is 1. The van der Waals surface area contributed by atoms with Gasteiger partial charge < -0.3 is 16.0 Å². The molecule has 3 rings (SSSR count). The van der Waals surface area contributed by atoms with Gasteiger partial charge in [-0.05, 0) is 17.7 Å². The van der Waals surface area contributed by atoms with Crippen molar-refractivity contribution in [3.05, 3.63) is 78.0 Å². The molecule has 5 nitrogen and oxygen atoms in total. The summed E-state index contributed by atoms with van der Waals surface area (Å²) in [7, 11) is 0. The van der Waals surface area contributed by atoms with E-state index >= 15 is 0 Å². The number of hydrogen-bond acceptors (Lipinski definition) is 2. The molecule has 0 bridgehead atoms. The summed E-state index contributed by atoms with van der Waals surface area (Å²) in [6, 6.07) is 12.1. The summed E-state index contributed by atoms with van der Waals surface area (Å²) in [5, 5.41) is 7.36. The van der Waals surface area contributed by atoms with Crippen LogP contribution in [0, 0.1) is 5.92 Å². The third-order valence-electron chi connectivity index (χ3n) is 4.20. The summed E-state index contributed by atoms with van der Waals surface area (Å²) in [5.74, 6) is -1.70. The molecule has 140 valence electrons. The number of anilines is 1. The lowest BCUT2D eigenvalue weighted by Crippen LogP contribution is -2.51. The molecule has 0 aliphatic carbocycles. The molecule has 1 fully saturated rings. The number of hydrogen-bond donors (Lipinski definition) is 3. The number of alkyl halides is 3. The molecule has 3 amide bonds. The van der Waals surface area contributed by atoms with Gasteiger partial charge in [0.05, 0.1) is 17.3 Å². The number of rotatable bonds is 3. The highest BCUT2D eigenvalue weighted by Gasteiger charge is 2.39. The summed E-state index contributed by atoms with van der Waals surface area (Å²) >= 11 is 0. The van der Waals surface area contributed by atoms with Crippen molar-refractivity contribution in [2.24, 2.45) is 5.92 Å². The van der Waals surface area contributed by atoms with E-state index in [1.54, 1.807) is 30.3 Å². The molecular weight excluding hydrogens is 359 g/mol. The molecule has 2 aromatic rings. The number of nitrogens with one attached hydrogen (secondary N) is 3. The lowest BCUT2D eigenvalue weighted by molar-refractivity contribution is -0.137. The van der Waals surface area contributed by atoms with Gasteiger partial charge in [-0.2, -0.15) is 13.2 Å². The van der Waals surface area contributed by atoms with Crippen LogP contribution in [0.4, 0.5) is 23.7 Å². The molecule has 8 heteroatoms. The predicted molar refractivity (Wildman–Crippen MR) is 93.6 cm³/mol. The minimum Gasteiger partial charge on any atom is -0.330 e. The molecule has 0 saturated carbocycles. The Morgan fingerprint density at radius 3 is 2.33 bits per heavy atom. The lowest BCUT2D eigenvalue weighted by atomic mass is 9.88. The Kier molecular flexibility index (Phi) is 4.89. The second-order valence-corrected chi connectivity index (χ2v) is 6.02. The number of carbonyl (C=O) groups excluding carboxylic acids is 2. The van der Waals surface area contributed by atoms with Gasteiger partial charge in [-0.25, -0.2) is 4.79 Å². The van der Waals surface area contributed by atoms with E-state index in [-0.39, 0.29) is 11.4 Å². The van der Waals surface area contributed by atoms with Crippen molar-refractivity contribution in [1.29, 1.82) is 0 Å². The van der Waals surface area contributed by atoms with Crippen molar-refractivity contribution in [2.75, 3.05) is 5.32 Å². The highest BCUT2D eigenvalue weighted by atomic mass is 19.4. The summed E-state index contributed by atoms with van der Waals surface area (Å²) in [6.45, 7) is 3.70. The van der Waals surface area contributed by atoms with Crippen LogP contribution in [0.5, 0.6) is 0 Å². The maximum absolute atomic E-state index is 13.2. The number of urea groups is 1. The Hall–Kier alpha value is -3.29. The maximum atomic E-state index is 13.2. The Morgan fingerprint density at radius 2 is 1.67 bits per heavy atom.